The molecular weight excluding hydrogens is 390 g/mol. The first kappa shape index (κ1) is 20.9. The van der Waals surface area contributed by atoms with Crippen LogP contribution in [0, 0.1) is 0 Å². The predicted octanol–water partition coefficient (Wildman–Crippen LogP) is 2.13. The smallest absolute Gasteiger partial charge is 0.233 e. The topological polar surface area (TPSA) is 85.9 Å². The van der Waals surface area contributed by atoms with Crippen molar-refractivity contribution < 1.29 is 22.5 Å². The van der Waals surface area contributed by atoms with Crippen molar-refractivity contribution in [3.8, 4) is 17.2 Å². The maximum Gasteiger partial charge on any atom is 0.233 e. The Kier molecular flexibility index (Phi) is 6.56. The van der Waals surface area contributed by atoms with E-state index in [1.54, 1.807) is 61.7 Å². The number of sulfone groups is 1. The van der Waals surface area contributed by atoms with Gasteiger partial charge in [0.05, 0.1) is 32.6 Å². The molecule has 0 aliphatic rings. The normalized spacial score (nSPS) is 11.6. The van der Waals surface area contributed by atoms with Gasteiger partial charge in [-0.1, -0.05) is 18.2 Å². The summed E-state index contributed by atoms with van der Waals surface area (Å²) in [5.74, 6) is 1.10. The summed E-state index contributed by atoms with van der Waals surface area (Å²) in [6.07, 6.45) is 0.867. The Morgan fingerprint density at radius 3 is 2.38 bits per heavy atom. The number of nitrogens with one attached hydrogen (secondary N) is 2. The molecule has 3 rings (SSSR count). The highest BCUT2D eigenvalue weighted by atomic mass is 32.2. The lowest BCUT2D eigenvalue weighted by molar-refractivity contribution is -0.858. The second kappa shape index (κ2) is 9.11. The number of methoxy groups -OCH3 is 1. The van der Waals surface area contributed by atoms with E-state index in [1.165, 1.54) is 4.90 Å². The molecular formula is C21H26N3O4S+. The lowest BCUT2D eigenvalue weighted by Gasteiger charge is -2.08. The molecule has 0 aliphatic heterocycles. The number of aromatic nitrogens is 1. The van der Waals surface area contributed by atoms with Crippen LogP contribution >= 0.6 is 0 Å². The first-order valence-corrected chi connectivity index (χ1v) is 10.9. The highest BCUT2D eigenvalue weighted by Crippen LogP contribution is 2.32. The number of hydrogen-bond acceptors (Lipinski definition) is 6. The lowest BCUT2D eigenvalue weighted by Crippen LogP contribution is -3.05. The third-order valence-electron chi connectivity index (χ3n) is 4.38. The van der Waals surface area contributed by atoms with Crippen molar-refractivity contribution in [2.75, 3.05) is 39.6 Å². The maximum atomic E-state index is 13.2. The van der Waals surface area contributed by atoms with Gasteiger partial charge in [0.1, 0.15) is 5.75 Å². The minimum atomic E-state index is -3.82. The predicted molar refractivity (Wildman–Crippen MR) is 111 cm³/mol. The summed E-state index contributed by atoms with van der Waals surface area (Å²) in [6.45, 7) is 1.53. The van der Waals surface area contributed by atoms with Gasteiger partial charge in [-0.05, 0) is 36.4 Å². The third-order valence-corrected chi connectivity index (χ3v) is 6.06. The van der Waals surface area contributed by atoms with Crippen LogP contribution in [0.15, 0.2) is 68.9 Å². The number of hydrogen-bond donors (Lipinski definition) is 2. The molecule has 7 nitrogen and oxygen atoms in total. The summed E-state index contributed by atoms with van der Waals surface area (Å²) in [6, 6.07) is 15.4. The standard InChI is InChI=1S/C21H25N3O4S/c1-24(2)15-7-14-22-20-21(29(25,26)18-8-5-4-6-9-18)23-19(28-20)16-10-12-17(27-3)13-11-16/h4-6,8-13,22H,7,14-15H2,1-3H3/p+1. The Labute approximate surface area is 171 Å². The molecule has 0 unspecified atom stereocenters. The maximum absolute atomic E-state index is 13.2. The van der Waals surface area contributed by atoms with Crippen LogP contribution in [0.5, 0.6) is 5.75 Å². The number of ether oxygens (including phenoxy) is 1. The minimum absolute atomic E-state index is 0.105. The number of oxazole rings is 1. The zero-order valence-electron chi connectivity index (χ0n) is 16.8. The summed E-state index contributed by atoms with van der Waals surface area (Å²) >= 11 is 0. The van der Waals surface area contributed by atoms with Crippen LogP contribution < -0.4 is 15.0 Å². The SMILES string of the molecule is COc1ccc(-c2nc(S(=O)(=O)c3ccccc3)c(NCCC[NH+](C)C)o2)cc1. The van der Waals surface area contributed by atoms with E-state index in [0.29, 0.717) is 17.9 Å². The molecule has 0 fully saturated rings. The quantitative estimate of drug-likeness (QED) is 0.520. The number of benzene rings is 2. The molecule has 0 atom stereocenters. The van der Waals surface area contributed by atoms with E-state index in [2.05, 4.69) is 24.4 Å². The van der Waals surface area contributed by atoms with Gasteiger partial charge in [0.15, 0.2) is 0 Å². The van der Waals surface area contributed by atoms with Crippen molar-refractivity contribution in [2.24, 2.45) is 0 Å². The van der Waals surface area contributed by atoms with E-state index in [4.69, 9.17) is 9.15 Å². The van der Waals surface area contributed by atoms with E-state index in [0.717, 1.165) is 13.0 Å². The first-order chi connectivity index (χ1) is 13.9. The Morgan fingerprint density at radius 1 is 1.07 bits per heavy atom. The van der Waals surface area contributed by atoms with Crippen molar-refractivity contribution in [3.05, 3.63) is 54.6 Å². The van der Waals surface area contributed by atoms with Crippen molar-refractivity contribution in [1.29, 1.82) is 0 Å². The van der Waals surface area contributed by atoms with Gasteiger partial charge in [-0.15, -0.1) is 0 Å². The van der Waals surface area contributed by atoms with Gasteiger partial charge < -0.3 is 19.4 Å². The molecule has 1 heterocycles. The zero-order chi connectivity index (χ0) is 20.9. The lowest BCUT2D eigenvalue weighted by atomic mass is 10.2. The van der Waals surface area contributed by atoms with Gasteiger partial charge in [-0.25, -0.2) is 8.42 Å². The van der Waals surface area contributed by atoms with Crippen LogP contribution in [0.4, 0.5) is 5.88 Å². The minimum Gasteiger partial charge on any atom is -0.497 e. The van der Waals surface area contributed by atoms with Crippen LogP contribution in [0.2, 0.25) is 0 Å². The summed E-state index contributed by atoms with van der Waals surface area (Å²) in [5.41, 5.74) is 0.668. The molecule has 29 heavy (non-hydrogen) atoms. The van der Waals surface area contributed by atoms with Crippen molar-refractivity contribution in [1.82, 2.24) is 4.98 Å². The van der Waals surface area contributed by atoms with Crippen molar-refractivity contribution in [2.45, 2.75) is 16.3 Å². The average molecular weight is 417 g/mol. The van der Waals surface area contributed by atoms with E-state index in [9.17, 15) is 8.42 Å². The average Bonchev–Trinajstić information content (AvgIpc) is 3.17. The zero-order valence-corrected chi connectivity index (χ0v) is 17.6. The Balaban J connectivity index is 1.96. The summed E-state index contributed by atoms with van der Waals surface area (Å²) in [5, 5.41) is 3.01. The molecule has 0 spiro atoms. The van der Waals surface area contributed by atoms with Gasteiger partial charge in [-0.3, -0.25) is 0 Å². The highest BCUT2D eigenvalue weighted by Gasteiger charge is 2.28. The summed E-state index contributed by atoms with van der Waals surface area (Å²) in [4.78, 5) is 5.83. The molecule has 8 heteroatoms. The van der Waals surface area contributed by atoms with Gasteiger partial charge in [0.2, 0.25) is 26.6 Å². The second-order valence-electron chi connectivity index (χ2n) is 6.94. The number of rotatable bonds is 9. The molecule has 0 aliphatic carbocycles. The summed E-state index contributed by atoms with van der Waals surface area (Å²) in [7, 11) is 1.91. The van der Waals surface area contributed by atoms with E-state index in [1.807, 2.05) is 0 Å². The highest BCUT2D eigenvalue weighted by molar-refractivity contribution is 7.91. The molecule has 0 radical (unpaired) electrons. The van der Waals surface area contributed by atoms with Gasteiger partial charge in [-0.2, -0.15) is 4.98 Å². The van der Waals surface area contributed by atoms with Gasteiger partial charge in [0, 0.05) is 18.5 Å². The molecule has 2 aromatic carbocycles. The number of nitrogens with zero attached hydrogens (tertiary/aromatic N) is 1. The molecule has 0 amide bonds. The Morgan fingerprint density at radius 2 is 1.76 bits per heavy atom. The third kappa shape index (κ3) is 4.96. The van der Waals surface area contributed by atoms with Crippen LogP contribution in [0.1, 0.15) is 6.42 Å². The van der Waals surface area contributed by atoms with E-state index < -0.39 is 9.84 Å². The number of anilines is 1. The molecule has 3 aromatic rings. The van der Waals surface area contributed by atoms with Gasteiger partial charge in [0.25, 0.3) is 0 Å². The Bertz CT molecular complexity index is 1030. The van der Waals surface area contributed by atoms with Crippen LogP contribution in [-0.2, 0) is 9.84 Å². The fraction of sp³-hybridized carbons (Fsp3) is 0.286. The fourth-order valence-electron chi connectivity index (χ4n) is 2.81. The van der Waals surface area contributed by atoms with E-state index >= 15 is 0 Å². The van der Waals surface area contributed by atoms with Crippen molar-refractivity contribution >= 4 is 15.7 Å². The fourth-order valence-corrected chi connectivity index (χ4v) is 4.11. The van der Waals surface area contributed by atoms with Crippen LogP contribution in [0.3, 0.4) is 0 Å². The van der Waals surface area contributed by atoms with Gasteiger partial charge >= 0.3 is 0 Å². The molecule has 1 aromatic heterocycles. The second-order valence-corrected chi connectivity index (χ2v) is 8.80. The molecule has 0 saturated heterocycles. The van der Waals surface area contributed by atoms with Crippen LogP contribution in [-0.4, -0.2) is 47.7 Å². The molecule has 2 N–H and O–H groups in total. The number of quaternary nitrogens is 1. The van der Waals surface area contributed by atoms with Crippen LogP contribution in [0.25, 0.3) is 11.5 Å². The first-order valence-electron chi connectivity index (χ1n) is 9.40. The van der Waals surface area contributed by atoms with E-state index in [-0.39, 0.29) is 21.7 Å². The largest absolute Gasteiger partial charge is 0.497 e. The van der Waals surface area contributed by atoms with Crippen molar-refractivity contribution in [3.63, 3.8) is 0 Å². The summed E-state index contributed by atoms with van der Waals surface area (Å²) < 4.78 is 37.3. The molecule has 154 valence electrons. The molecule has 0 saturated carbocycles. The monoisotopic (exact) mass is 416 g/mol. The molecule has 0 bridgehead atoms. The Hall–Kier alpha value is -2.84.